The van der Waals surface area contributed by atoms with Crippen LogP contribution in [0.1, 0.15) is 11.1 Å². The van der Waals surface area contributed by atoms with Gasteiger partial charge in [0.2, 0.25) is 0 Å². The summed E-state index contributed by atoms with van der Waals surface area (Å²) in [6, 6.07) is 44.8. The molecule has 0 N–H and O–H groups in total. The predicted molar refractivity (Wildman–Crippen MR) is 157 cm³/mol. The third-order valence-corrected chi connectivity index (χ3v) is 7.63. The molecule has 0 heteroatoms. The SMILES string of the molecule is Cc1ccc2c(-c3ccc4ccccc4c3)c3ccccc3c(-c3ccc(C)c4ccccc34)c2c1. The minimum Gasteiger partial charge on any atom is -0.0616 e. The van der Waals surface area contributed by atoms with Crippen LogP contribution < -0.4 is 0 Å². The van der Waals surface area contributed by atoms with E-state index >= 15 is 0 Å². The van der Waals surface area contributed by atoms with Gasteiger partial charge in [-0.25, -0.2) is 0 Å². The maximum atomic E-state index is 2.37. The monoisotopic (exact) mass is 458 g/mol. The highest BCUT2D eigenvalue weighted by Gasteiger charge is 2.18. The summed E-state index contributed by atoms with van der Waals surface area (Å²) in [6.45, 7) is 4.40. The highest BCUT2D eigenvalue weighted by Crippen LogP contribution is 2.46. The molecule has 0 radical (unpaired) electrons. The van der Waals surface area contributed by atoms with Gasteiger partial charge in [0.05, 0.1) is 0 Å². The largest absolute Gasteiger partial charge is 0.0616 e. The second-order valence-corrected chi connectivity index (χ2v) is 9.88. The molecular weight excluding hydrogens is 432 g/mol. The van der Waals surface area contributed by atoms with Gasteiger partial charge in [-0.15, -0.1) is 0 Å². The van der Waals surface area contributed by atoms with E-state index in [1.807, 2.05) is 0 Å². The Balaban J connectivity index is 1.67. The van der Waals surface area contributed by atoms with Crippen molar-refractivity contribution < 1.29 is 0 Å². The molecule has 0 heterocycles. The van der Waals surface area contributed by atoms with Gasteiger partial charge in [0.15, 0.2) is 0 Å². The van der Waals surface area contributed by atoms with Gasteiger partial charge < -0.3 is 0 Å². The van der Waals surface area contributed by atoms with E-state index in [2.05, 4.69) is 135 Å². The maximum absolute atomic E-state index is 2.37. The minimum atomic E-state index is 1.26. The van der Waals surface area contributed by atoms with Gasteiger partial charge in [-0.05, 0) is 90.8 Å². The fourth-order valence-corrected chi connectivity index (χ4v) is 5.91. The number of benzene rings is 7. The summed E-state index contributed by atoms with van der Waals surface area (Å²) in [7, 11) is 0. The molecule has 7 rings (SSSR count). The molecule has 0 aliphatic carbocycles. The van der Waals surface area contributed by atoms with Crippen molar-refractivity contribution in [3.8, 4) is 22.3 Å². The summed E-state index contributed by atoms with van der Waals surface area (Å²) >= 11 is 0. The quantitative estimate of drug-likeness (QED) is 0.226. The van der Waals surface area contributed by atoms with Crippen LogP contribution in [0.2, 0.25) is 0 Å². The minimum absolute atomic E-state index is 1.26. The molecule has 0 saturated heterocycles. The third kappa shape index (κ3) is 3.15. The highest BCUT2D eigenvalue weighted by molar-refractivity contribution is 6.24. The van der Waals surface area contributed by atoms with E-state index in [1.54, 1.807) is 0 Å². The van der Waals surface area contributed by atoms with Crippen molar-refractivity contribution in [2.45, 2.75) is 13.8 Å². The van der Waals surface area contributed by atoms with E-state index < -0.39 is 0 Å². The van der Waals surface area contributed by atoms with Crippen LogP contribution >= 0.6 is 0 Å². The van der Waals surface area contributed by atoms with Crippen molar-refractivity contribution in [1.29, 1.82) is 0 Å². The molecule has 0 unspecified atom stereocenters. The van der Waals surface area contributed by atoms with E-state index in [0.717, 1.165) is 0 Å². The Kier molecular flexibility index (Phi) is 4.69. The molecule has 170 valence electrons. The normalized spacial score (nSPS) is 11.6. The molecule has 0 atom stereocenters. The van der Waals surface area contributed by atoms with Crippen LogP contribution in [0.5, 0.6) is 0 Å². The lowest BCUT2D eigenvalue weighted by Crippen LogP contribution is -1.93. The van der Waals surface area contributed by atoms with E-state index in [4.69, 9.17) is 0 Å². The number of hydrogen-bond acceptors (Lipinski definition) is 0. The van der Waals surface area contributed by atoms with Gasteiger partial charge in [-0.3, -0.25) is 0 Å². The first kappa shape index (κ1) is 20.9. The topological polar surface area (TPSA) is 0 Å². The lowest BCUT2D eigenvalue weighted by molar-refractivity contribution is 1.50. The summed E-state index contributed by atoms with van der Waals surface area (Å²) < 4.78 is 0. The summed E-state index contributed by atoms with van der Waals surface area (Å²) in [5, 5.41) is 10.4. The third-order valence-electron chi connectivity index (χ3n) is 7.63. The zero-order valence-corrected chi connectivity index (χ0v) is 20.5. The number of rotatable bonds is 2. The van der Waals surface area contributed by atoms with Crippen molar-refractivity contribution in [2.24, 2.45) is 0 Å². The van der Waals surface area contributed by atoms with Crippen molar-refractivity contribution >= 4 is 43.1 Å². The Morgan fingerprint density at radius 3 is 1.83 bits per heavy atom. The smallest absolute Gasteiger partial charge is 0.00200 e. The fraction of sp³-hybridized carbons (Fsp3) is 0.0556. The van der Waals surface area contributed by atoms with E-state index in [9.17, 15) is 0 Å². The molecule has 7 aromatic carbocycles. The first-order valence-corrected chi connectivity index (χ1v) is 12.6. The van der Waals surface area contributed by atoms with Gasteiger partial charge in [-0.2, -0.15) is 0 Å². The molecule has 0 saturated carbocycles. The van der Waals surface area contributed by atoms with Gasteiger partial charge in [0, 0.05) is 0 Å². The Labute approximate surface area is 211 Å². The average molecular weight is 459 g/mol. The van der Waals surface area contributed by atoms with Gasteiger partial charge in [-0.1, -0.05) is 121 Å². The van der Waals surface area contributed by atoms with Crippen LogP contribution in [-0.4, -0.2) is 0 Å². The highest BCUT2D eigenvalue weighted by atomic mass is 14.2. The van der Waals surface area contributed by atoms with E-state index in [0.29, 0.717) is 0 Å². The first-order valence-electron chi connectivity index (χ1n) is 12.6. The van der Waals surface area contributed by atoms with Crippen molar-refractivity contribution in [3.63, 3.8) is 0 Å². The second-order valence-electron chi connectivity index (χ2n) is 9.88. The van der Waals surface area contributed by atoms with Crippen molar-refractivity contribution in [3.05, 3.63) is 132 Å². The molecule has 7 aromatic rings. The fourth-order valence-electron chi connectivity index (χ4n) is 5.91. The van der Waals surface area contributed by atoms with E-state index in [-0.39, 0.29) is 0 Å². The maximum Gasteiger partial charge on any atom is -0.00200 e. The number of aryl methyl sites for hydroxylation is 2. The van der Waals surface area contributed by atoms with Crippen LogP contribution in [0, 0.1) is 13.8 Å². The molecule has 0 aromatic heterocycles. The standard InChI is InChI=1S/C36H26/c1-23-15-19-33-34(21-23)36(32-20-16-24(2)28-11-5-6-12-29(28)32)31-14-8-7-13-30(31)35(33)27-18-17-25-9-3-4-10-26(25)22-27/h3-22H,1-2H3. The van der Waals surface area contributed by atoms with Crippen LogP contribution in [0.3, 0.4) is 0 Å². The zero-order chi connectivity index (χ0) is 24.2. The molecular formula is C36H26. The van der Waals surface area contributed by atoms with Crippen LogP contribution in [0.4, 0.5) is 0 Å². The Hall–Kier alpha value is -4.42. The van der Waals surface area contributed by atoms with Gasteiger partial charge in [0.1, 0.15) is 0 Å². The predicted octanol–water partition coefficient (Wildman–Crippen LogP) is 10.3. The molecule has 0 bridgehead atoms. The number of hydrogen-bond donors (Lipinski definition) is 0. The molecule has 0 nitrogen and oxygen atoms in total. The van der Waals surface area contributed by atoms with Gasteiger partial charge >= 0.3 is 0 Å². The first-order chi connectivity index (χ1) is 17.7. The van der Waals surface area contributed by atoms with Crippen LogP contribution in [-0.2, 0) is 0 Å². The Morgan fingerprint density at radius 2 is 1.03 bits per heavy atom. The lowest BCUT2D eigenvalue weighted by Gasteiger charge is -2.20. The molecule has 0 aliphatic heterocycles. The second kappa shape index (κ2) is 8.07. The van der Waals surface area contributed by atoms with Crippen LogP contribution in [0.25, 0.3) is 65.3 Å². The molecule has 0 fully saturated rings. The van der Waals surface area contributed by atoms with Crippen molar-refractivity contribution in [1.82, 2.24) is 0 Å². The molecule has 0 spiro atoms. The number of fused-ring (bicyclic) bond motifs is 4. The lowest BCUT2D eigenvalue weighted by atomic mass is 9.83. The van der Waals surface area contributed by atoms with Crippen molar-refractivity contribution in [2.75, 3.05) is 0 Å². The summed E-state index contributed by atoms with van der Waals surface area (Å²) in [5.74, 6) is 0. The zero-order valence-electron chi connectivity index (χ0n) is 20.5. The average Bonchev–Trinajstić information content (AvgIpc) is 2.92. The van der Waals surface area contributed by atoms with Gasteiger partial charge in [0.25, 0.3) is 0 Å². The van der Waals surface area contributed by atoms with E-state index in [1.165, 1.54) is 76.5 Å². The summed E-state index contributed by atoms with van der Waals surface area (Å²) in [4.78, 5) is 0. The molecule has 36 heavy (non-hydrogen) atoms. The summed E-state index contributed by atoms with van der Waals surface area (Å²) in [5.41, 5.74) is 7.79. The molecule has 0 amide bonds. The Morgan fingerprint density at radius 1 is 0.389 bits per heavy atom. The molecule has 0 aliphatic rings. The Bertz CT molecular complexity index is 1960. The van der Waals surface area contributed by atoms with Crippen LogP contribution in [0.15, 0.2) is 121 Å². The summed E-state index contributed by atoms with van der Waals surface area (Å²) in [6.07, 6.45) is 0.